The van der Waals surface area contributed by atoms with E-state index in [2.05, 4.69) is 18.9 Å². The number of ether oxygens (including phenoxy) is 1. The summed E-state index contributed by atoms with van der Waals surface area (Å²) < 4.78 is 7.62. The van der Waals surface area contributed by atoms with Crippen molar-refractivity contribution in [3.63, 3.8) is 0 Å². The van der Waals surface area contributed by atoms with Crippen LogP contribution in [0.3, 0.4) is 0 Å². The van der Waals surface area contributed by atoms with Gasteiger partial charge in [0.05, 0.1) is 31.6 Å². The van der Waals surface area contributed by atoms with Crippen molar-refractivity contribution in [2.24, 2.45) is 5.41 Å². The SMILES string of the molecule is CCC(CC)n1ccc(COCC(C)(C)CO)n1. The topological polar surface area (TPSA) is 47.3 Å². The molecule has 0 amide bonds. The van der Waals surface area contributed by atoms with Crippen molar-refractivity contribution in [1.29, 1.82) is 0 Å². The average Bonchev–Trinajstić information content (AvgIpc) is 2.79. The van der Waals surface area contributed by atoms with Crippen molar-refractivity contribution in [3.05, 3.63) is 18.0 Å². The van der Waals surface area contributed by atoms with Gasteiger partial charge in [0.2, 0.25) is 0 Å². The second-order valence-electron chi connectivity index (χ2n) is 5.57. The van der Waals surface area contributed by atoms with Gasteiger partial charge < -0.3 is 9.84 Å². The number of aliphatic hydroxyl groups excluding tert-OH is 1. The van der Waals surface area contributed by atoms with E-state index in [1.54, 1.807) is 0 Å². The van der Waals surface area contributed by atoms with Gasteiger partial charge in [-0.15, -0.1) is 0 Å². The molecule has 0 saturated heterocycles. The molecule has 0 radical (unpaired) electrons. The standard InChI is InChI=1S/C14H26N2O2/c1-5-13(6-2)16-8-7-12(15-16)9-18-11-14(3,4)10-17/h7-8,13,17H,5-6,9-11H2,1-4H3. The van der Waals surface area contributed by atoms with Crippen molar-refractivity contribution in [1.82, 2.24) is 9.78 Å². The van der Waals surface area contributed by atoms with Crippen LogP contribution in [0.15, 0.2) is 12.3 Å². The van der Waals surface area contributed by atoms with Gasteiger partial charge in [-0.3, -0.25) is 4.68 Å². The van der Waals surface area contributed by atoms with Crippen molar-refractivity contribution >= 4 is 0 Å². The number of rotatable bonds is 8. The quantitative estimate of drug-likeness (QED) is 0.776. The Morgan fingerprint density at radius 3 is 2.61 bits per heavy atom. The minimum absolute atomic E-state index is 0.134. The van der Waals surface area contributed by atoms with Crippen molar-refractivity contribution in [2.75, 3.05) is 13.2 Å². The molecular formula is C14H26N2O2. The third-order valence-corrected chi connectivity index (χ3v) is 3.15. The molecule has 0 aliphatic rings. The van der Waals surface area contributed by atoms with Gasteiger partial charge >= 0.3 is 0 Å². The van der Waals surface area contributed by atoms with Gasteiger partial charge in [-0.2, -0.15) is 5.10 Å². The first kappa shape index (κ1) is 15.2. The normalized spacial score (nSPS) is 12.3. The van der Waals surface area contributed by atoms with Crippen LogP contribution in [-0.2, 0) is 11.3 Å². The molecule has 0 spiro atoms. The predicted octanol–water partition coefficient (Wildman–Crippen LogP) is 2.78. The lowest BCUT2D eigenvalue weighted by Gasteiger charge is -2.20. The van der Waals surface area contributed by atoms with E-state index in [9.17, 15) is 0 Å². The van der Waals surface area contributed by atoms with E-state index in [0.29, 0.717) is 19.3 Å². The summed E-state index contributed by atoms with van der Waals surface area (Å²) in [5, 5.41) is 13.7. The Morgan fingerprint density at radius 1 is 1.39 bits per heavy atom. The maximum atomic E-state index is 9.13. The van der Waals surface area contributed by atoms with Crippen LogP contribution in [0.4, 0.5) is 0 Å². The lowest BCUT2D eigenvalue weighted by Crippen LogP contribution is -2.23. The van der Waals surface area contributed by atoms with Gasteiger partial charge in [0.25, 0.3) is 0 Å². The molecule has 0 aliphatic carbocycles. The van der Waals surface area contributed by atoms with Crippen LogP contribution in [0.25, 0.3) is 0 Å². The molecule has 0 bridgehead atoms. The van der Waals surface area contributed by atoms with Crippen LogP contribution < -0.4 is 0 Å². The zero-order valence-corrected chi connectivity index (χ0v) is 12.0. The Bertz CT molecular complexity index is 343. The summed E-state index contributed by atoms with van der Waals surface area (Å²) in [5.74, 6) is 0. The van der Waals surface area contributed by atoms with Gasteiger partial charge in [-0.05, 0) is 18.9 Å². The van der Waals surface area contributed by atoms with Crippen LogP contribution in [0.5, 0.6) is 0 Å². The Labute approximate surface area is 110 Å². The second kappa shape index (κ2) is 6.90. The third kappa shape index (κ3) is 4.42. The largest absolute Gasteiger partial charge is 0.396 e. The molecule has 0 aromatic carbocycles. The van der Waals surface area contributed by atoms with Crippen molar-refractivity contribution < 1.29 is 9.84 Å². The fraction of sp³-hybridized carbons (Fsp3) is 0.786. The Kier molecular flexibility index (Phi) is 5.82. The van der Waals surface area contributed by atoms with E-state index in [0.717, 1.165) is 18.5 Å². The first-order valence-corrected chi connectivity index (χ1v) is 6.75. The lowest BCUT2D eigenvalue weighted by molar-refractivity contribution is 0.0183. The van der Waals surface area contributed by atoms with Crippen LogP contribution in [0.1, 0.15) is 52.3 Å². The van der Waals surface area contributed by atoms with E-state index in [-0.39, 0.29) is 12.0 Å². The van der Waals surface area contributed by atoms with Gasteiger partial charge in [0, 0.05) is 11.6 Å². The summed E-state index contributed by atoms with van der Waals surface area (Å²) in [5.41, 5.74) is 0.772. The van der Waals surface area contributed by atoms with Crippen LogP contribution in [-0.4, -0.2) is 28.1 Å². The summed E-state index contributed by atoms with van der Waals surface area (Å²) in [4.78, 5) is 0. The van der Waals surface area contributed by atoms with E-state index in [4.69, 9.17) is 9.84 Å². The maximum Gasteiger partial charge on any atom is 0.0906 e. The molecule has 1 rings (SSSR count). The second-order valence-corrected chi connectivity index (χ2v) is 5.57. The van der Waals surface area contributed by atoms with E-state index in [1.807, 2.05) is 30.8 Å². The number of hydrogen-bond donors (Lipinski definition) is 1. The number of aliphatic hydroxyl groups is 1. The zero-order valence-electron chi connectivity index (χ0n) is 12.0. The Morgan fingerprint density at radius 2 is 2.06 bits per heavy atom. The molecule has 1 N–H and O–H groups in total. The Balaban J connectivity index is 2.45. The summed E-state index contributed by atoms with van der Waals surface area (Å²) in [6.07, 6.45) is 4.21. The molecule has 0 saturated carbocycles. The smallest absolute Gasteiger partial charge is 0.0906 e. The van der Waals surface area contributed by atoms with Crippen LogP contribution in [0, 0.1) is 5.41 Å². The highest BCUT2D eigenvalue weighted by molar-refractivity contribution is 4.98. The zero-order chi connectivity index (χ0) is 13.6. The fourth-order valence-corrected chi connectivity index (χ4v) is 1.80. The van der Waals surface area contributed by atoms with E-state index >= 15 is 0 Å². The van der Waals surface area contributed by atoms with Crippen molar-refractivity contribution in [2.45, 2.75) is 53.2 Å². The highest BCUT2D eigenvalue weighted by atomic mass is 16.5. The molecule has 1 aromatic rings. The third-order valence-electron chi connectivity index (χ3n) is 3.15. The van der Waals surface area contributed by atoms with Gasteiger partial charge in [0.1, 0.15) is 0 Å². The summed E-state index contributed by atoms with van der Waals surface area (Å²) in [6, 6.07) is 2.48. The van der Waals surface area contributed by atoms with Gasteiger partial charge in [-0.1, -0.05) is 27.7 Å². The first-order chi connectivity index (χ1) is 8.52. The molecule has 18 heavy (non-hydrogen) atoms. The molecule has 0 unspecified atom stereocenters. The predicted molar refractivity (Wildman–Crippen MR) is 72.4 cm³/mol. The average molecular weight is 254 g/mol. The van der Waals surface area contributed by atoms with Crippen LogP contribution >= 0.6 is 0 Å². The minimum atomic E-state index is -0.183. The van der Waals surface area contributed by atoms with Gasteiger partial charge in [-0.25, -0.2) is 0 Å². The number of aromatic nitrogens is 2. The number of nitrogens with zero attached hydrogens (tertiary/aromatic N) is 2. The van der Waals surface area contributed by atoms with E-state index in [1.165, 1.54) is 0 Å². The van der Waals surface area contributed by atoms with Crippen molar-refractivity contribution in [3.8, 4) is 0 Å². The van der Waals surface area contributed by atoms with Gasteiger partial charge in [0.15, 0.2) is 0 Å². The lowest BCUT2D eigenvalue weighted by atomic mass is 9.97. The summed E-state index contributed by atoms with van der Waals surface area (Å²) >= 11 is 0. The highest BCUT2D eigenvalue weighted by Gasteiger charge is 2.16. The Hall–Kier alpha value is -0.870. The minimum Gasteiger partial charge on any atom is -0.396 e. The molecule has 104 valence electrons. The first-order valence-electron chi connectivity index (χ1n) is 6.75. The number of hydrogen-bond acceptors (Lipinski definition) is 3. The molecule has 1 heterocycles. The molecule has 4 nitrogen and oxygen atoms in total. The molecule has 0 fully saturated rings. The summed E-state index contributed by atoms with van der Waals surface area (Å²) in [7, 11) is 0. The highest BCUT2D eigenvalue weighted by Crippen LogP contribution is 2.16. The molecule has 1 aromatic heterocycles. The fourth-order valence-electron chi connectivity index (χ4n) is 1.80. The molecule has 4 heteroatoms. The maximum absolute atomic E-state index is 9.13. The van der Waals surface area contributed by atoms with Crippen LogP contribution in [0.2, 0.25) is 0 Å². The molecule has 0 atom stereocenters. The monoisotopic (exact) mass is 254 g/mol. The molecular weight excluding hydrogens is 228 g/mol. The summed E-state index contributed by atoms with van der Waals surface area (Å²) in [6.45, 7) is 9.50. The van der Waals surface area contributed by atoms with E-state index < -0.39 is 0 Å². The molecule has 0 aliphatic heterocycles.